The molecule has 18 heavy (non-hydrogen) atoms. The van der Waals surface area contributed by atoms with E-state index in [-0.39, 0.29) is 15.6 Å². The first kappa shape index (κ1) is 13.4. The lowest BCUT2D eigenvalue weighted by Gasteiger charge is -2.14. The number of nitrogens with zero attached hydrogens (tertiary/aromatic N) is 3. The van der Waals surface area contributed by atoms with Gasteiger partial charge in [0, 0.05) is 0 Å². The van der Waals surface area contributed by atoms with Crippen LogP contribution in [0.15, 0.2) is 12.1 Å². The molecule has 2 aromatic rings. The van der Waals surface area contributed by atoms with Crippen LogP contribution in [0.4, 0.5) is 13.2 Å². The van der Waals surface area contributed by atoms with Crippen molar-refractivity contribution in [1.29, 1.82) is 0 Å². The Balaban J connectivity index is 2.38. The fourth-order valence-electron chi connectivity index (χ4n) is 1.37. The van der Waals surface area contributed by atoms with Gasteiger partial charge in [0.2, 0.25) is 0 Å². The van der Waals surface area contributed by atoms with Crippen LogP contribution >= 0.6 is 23.2 Å². The molecule has 1 atom stereocenters. The minimum Gasteiger partial charge on any atom is -0.382 e. The highest BCUT2D eigenvalue weighted by molar-refractivity contribution is 6.42. The summed E-state index contributed by atoms with van der Waals surface area (Å²) in [6.07, 6.45) is -7.23. The predicted octanol–water partition coefficient (Wildman–Crippen LogP) is 2.66. The summed E-state index contributed by atoms with van der Waals surface area (Å²) in [4.78, 5) is 0. The molecular formula is C9H6Cl2F3N3O. The fourth-order valence-corrected chi connectivity index (χ4v) is 1.68. The second-order valence-electron chi connectivity index (χ2n) is 3.58. The third-order valence-corrected chi connectivity index (χ3v) is 3.00. The SMILES string of the molecule is O[C@H](Cn1nnc2cc(Cl)c(Cl)cc21)C(F)(F)F. The number of aliphatic hydroxyl groups excluding tert-OH is 1. The van der Waals surface area contributed by atoms with E-state index in [0.717, 1.165) is 4.68 Å². The van der Waals surface area contributed by atoms with E-state index < -0.39 is 18.8 Å². The lowest BCUT2D eigenvalue weighted by atomic mass is 10.3. The zero-order valence-corrected chi connectivity index (χ0v) is 10.1. The summed E-state index contributed by atoms with van der Waals surface area (Å²) in [5.74, 6) is 0. The quantitative estimate of drug-likeness (QED) is 0.927. The van der Waals surface area contributed by atoms with Crippen LogP contribution in [0.3, 0.4) is 0 Å². The lowest BCUT2D eigenvalue weighted by molar-refractivity contribution is -0.207. The van der Waals surface area contributed by atoms with E-state index in [1.165, 1.54) is 12.1 Å². The van der Waals surface area contributed by atoms with Crippen LogP contribution < -0.4 is 0 Å². The van der Waals surface area contributed by atoms with Gasteiger partial charge in [-0.3, -0.25) is 0 Å². The van der Waals surface area contributed by atoms with Crippen LogP contribution in [0, 0.1) is 0 Å². The van der Waals surface area contributed by atoms with E-state index in [2.05, 4.69) is 10.3 Å². The Hall–Kier alpha value is -1.05. The van der Waals surface area contributed by atoms with Gasteiger partial charge in [0.05, 0.1) is 22.1 Å². The molecule has 0 aliphatic carbocycles. The van der Waals surface area contributed by atoms with Crippen molar-refractivity contribution in [2.75, 3.05) is 0 Å². The Morgan fingerprint density at radius 1 is 1.28 bits per heavy atom. The van der Waals surface area contributed by atoms with Gasteiger partial charge in [0.15, 0.2) is 6.10 Å². The predicted molar refractivity (Wildman–Crippen MR) is 59.6 cm³/mol. The number of aliphatic hydroxyl groups is 1. The van der Waals surface area contributed by atoms with E-state index in [0.29, 0.717) is 5.52 Å². The fraction of sp³-hybridized carbons (Fsp3) is 0.333. The molecule has 9 heteroatoms. The summed E-state index contributed by atoms with van der Waals surface area (Å²) < 4.78 is 37.6. The minimum absolute atomic E-state index is 0.175. The highest BCUT2D eigenvalue weighted by atomic mass is 35.5. The Bertz CT molecular complexity index is 584. The van der Waals surface area contributed by atoms with Crippen molar-refractivity contribution in [2.24, 2.45) is 0 Å². The summed E-state index contributed by atoms with van der Waals surface area (Å²) in [5.41, 5.74) is 0.575. The molecule has 98 valence electrons. The number of rotatable bonds is 2. The molecule has 4 nitrogen and oxygen atoms in total. The van der Waals surface area contributed by atoms with Gasteiger partial charge >= 0.3 is 6.18 Å². The van der Waals surface area contributed by atoms with E-state index >= 15 is 0 Å². The molecule has 0 spiro atoms. The number of fused-ring (bicyclic) bond motifs is 1. The van der Waals surface area contributed by atoms with Crippen LogP contribution in [0.5, 0.6) is 0 Å². The molecule has 0 saturated carbocycles. The number of hydrogen-bond donors (Lipinski definition) is 1. The molecule has 0 aliphatic rings. The van der Waals surface area contributed by atoms with Gasteiger partial charge in [-0.1, -0.05) is 28.4 Å². The van der Waals surface area contributed by atoms with Gasteiger partial charge in [0.25, 0.3) is 0 Å². The second kappa shape index (κ2) is 4.56. The van der Waals surface area contributed by atoms with Crippen LogP contribution in [0.2, 0.25) is 10.0 Å². The summed E-state index contributed by atoms with van der Waals surface area (Å²) in [5, 5.41) is 16.5. The number of benzene rings is 1. The lowest BCUT2D eigenvalue weighted by Crippen LogP contribution is -2.33. The Morgan fingerprint density at radius 3 is 2.50 bits per heavy atom. The first-order valence-corrected chi connectivity index (χ1v) is 5.47. The summed E-state index contributed by atoms with van der Waals surface area (Å²) in [6, 6.07) is 2.74. The largest absolute Gasteiger partial charge is 0.416 e. The maximum atomic E-state index is 12.2. The minimum atomic E-state index is -4.71. The van der Waals surface area contributed by atoms with Crippen molar-refractivity contribution in [3.8, 4) is 0 Å². The Morgan fingerprint density at radius 2 is 1.89 bits per heavy atom. The average molecular weight is 300 g/mol. The van der Waals surface area contributed by atoms with E-state index in [1.807, 2.05) is 0 Å². The number of hydrogen-bond acceptors (Lipinski definition) is 3. The molecule has 0 amide bonds. The van der Waals surface area contributed by atoms with Gasteiger partial charge in [0.1, 0.15) is 5.52 Å². The Labute approximate surface area is 109 Å². The molecule has 0 bridgehead atoms. The highest BCUT2D eigenvalue weighted by Crippen LogP contribution is 2.27. The topological polar surface area (TPSA) is 50.9 Å². The highest BCUT2D eigenvalue weighted by Gasteiger charge is 2.38. The van der Waals surface area contributed by atoms with Crippen molar-refractivity contribution in [3.63, 3.8) is 0 Å². The molecule has 1 heterocycles. The number of aromatic nitrogens is 3. The summed E-state index contributed by atoms with van der Waals surface area (Å²) in [7, 11) is 0. The number of alkyl halides is 3. The third kappa shape index (κ3) is 2.52. The molecule has 0 saturated heterocycles. The second-order valence-corrected chi connectivity index (χ2v) is 4.40. The van der Waals surface area contributed by atoms with Gasteiger partial charge < -0.3 is 5.11 Å². The maximum Gasteiger partial charge on any atom is 0.416 e. The normalized spacial score (nSPS) is 14.1. The zero-order chi connectivity index (χ0) is 13.5. The molecule has 0 aliphatic heterocycles. The van der Waals surface area contributed by atoms with E-state index in [9.17, 15) is 13.2 Å². The van der Waals surface area contributed by atoms with Crippen molar-refractivity contribution < 1.29 is 18.3 Å². The van der Waals surface area contributed by atoms with Crippen molar-refractivity contribution in [3.05, 3.63) is 22.2 Å². The third-order valence-electron chi connectivity index (χ3n) is 2.28. The van der Waals surface area contributed by atoms with Crippen LogP contribution in [-0.4, -0.2) is 32.4 Å². The van der Waals surface area contributed by atoms with Crippen molar-refractivity contribution >= 4 is 34.2 Å². The first-order valence-electron chi connectivity index (χ1n) is 4.72. The van der Waals surface area contributed by atoms with E-state index in [4.69, 9.17) is 28.3 Å². The molecule has 1 N–H and O–H groups in total. The maximum absolute atomic E-state index is 12.2. The van der Waals surface area contributed by atoms with Crippen LogP contribution in [0.25, 0.3) is 11.0 Å². The van der Waals surface area contributed by atoms with Crippen LogP contribution in [-0.2, 0) is 6.54 Å². The summed E-state index contributed by atoms with van der Waals surface area (Å²) >= 11 is 11.5. The summed E-state index contributed by atoms with van der Waals surface area (Å²) in [6.45, 7) is -0.752. The van der Waals surface area contributed by atoms with Gasteiger partial charge in [-0.25, -0.2) is 4.68 Å². The monoisotopic (exact) mass is 299 g/mol. The van der Waals surface area contributed by atoms with Crippen LogP contribution in [0.1, 0.15) is 0 Å². The molecular weight excluding hydrogens is 294 g/mol. The molecule has 1 aromatic carbocycles. The molecule has 0 radical (unpaired) electrons. The van der Waals surface area contributed by atoms with E-state index in [1.54, 1.807) is 0 Å². The van der Waals surface area contributed by atoms with Gasteiger partial charge in [-0.15, -0.1) is 5.10 Å². The van der Waals surface area contributed by atoms with Crippen molar-refractivity contribution in [1.82, 2.24) is 15.0 Å². The van der Waals surface area contributed by atoms with Crippen molar-refractivity contribution in [2.45, 2.75) is 18.8 Å². The number of halogens is 5. The molecule has 2 rings (SSSR count). The van der Waals surface area contributed by atoms with Gasteiger partial charge in [-0.05, 0) is 12.1 Å². The first-order chi connectivity index (χ1) is 8.29. The molecule has 0 fully saturated rings. The standard InChI is InChI=1S/C9H6Cl2F3N3O/c10-4-1-6-7(2-5(4)11)17(16-15-6)3-8(18)9(12,13)14/h1-2,8,18H,3H2/t8-/m1/s1. The molecule has 0 unspecified atom stereocenters. The zero-order valence-electron chi connectivity index (χ0n) is 8.62. The average Bonchev–Trinajstić information content (AvgIpc) is 2.61. The Kier molecular flexibility index (Phi) is 3.39. The molecule has 1 aromatic heterocycles. The smallest absolute Gasteiger partial charge is 0.382 e. The van der Waals surface area contributed by atoms with Gasteiger partial charge in [-0.2, -0.15) is 13.2 Å².